The summed E-state index contributed by atoms with van der Waals surface area (Å²) in [6, 6.07) is 0. The molecule has 1 aliphatic carbocycles. The van der Waals surface area contributed by atoms with Crippen LogP contribution in [0.3, 0.4) is 0 Å². The Bertz CT molecular complexity index is 333. The van der Waals surface area contributed by atoms with E-state index >= 15 is 0 Å². The van der Waals surface area contributed by atoms with Crippen LogP contribution in [0.25, 0.3) is 0 Å². The van der Waals surface area contributed by atoms with Gasteiger partial charge in [-0.2, -0.15) is 0 Å². The molecule has 0 amide bonds. The Hall–Kier alpha value is -0.900. The largest absolute Gasteiger partial charge is 0.319 e. The first-order valence-electron chi connectivity index (χ1n) is 5.83. The summed E-state index contributed by atoms with van der Waals surface area (Å²) >= 11 is 0. The Labute approximate surface area is 90.9 Å². The Morgan fingerprint density at radius 3 is 3.13 bits per heavy atom. The van der Waals surface area contributed by atoms with Crippen molar-refractivity contribution in [3.8, 4) is 0 Å². The normalized spacial score (nSPS) is 31.8. The molecule has 0 aromatic carbocycles. The maximum absolute atomic E-state index is 6.47. The van der Waals surface area contributed by atoms with Crippen molar-refractivity contribution in [3.05, 3.63) is 12.2 Å². The van der Waals surface area contributed by atoms with E-state index in [-0.39, 0.29) is 5.54 Å². The molecule has 1 aromatic rings. The highest BCUT2D eigenvalue weighted by Crippen LogP contribution is 2.36. The molecule has 0 radical (unpaired) electrons. The lowest BCUT2D eigenvalue weighted by Gasteiger charge is -2.35. The Morgan fingerprint density at radius 1 is 1.67 bits per heavy atom. The molecule has 1 fully saturated rings. The first kappa shape index (κ1) is 10.6. The van der Waals surface area contributed by atoms with Gasteiger partial charge >= 0.3 is 0 Å². The average molecular weight is 208 g/mol. The zero-order chi connectivity index (χ0) is 10.9. The van der Waals surface area contributed by atoms with Crippen LogP contribution in [0, 0.1) is 5.92 Å². The van der Waals surface area contributed by atoms with Gasteiger partial charge in [-0.05, 0) is 25.7 Å². The summed E-state index contributed by atoms with van der Waals surface area (Å²) in [4.78, 5) is 0. The smallest absolute Gasteiger partial charge is 0.152 e. The predicted molar refractivity (Wildman–Crippen MR) is 59.2 cm³/mol. The summed E-state index contributed by atoms with van der Waals surface area (Å²) in [5.41, 5.74) is 6.22. The number of nitrogens with zero attached hydrogens (tertiary/aromatic N) is 3. The van der Waals surface area contributed by atoms with E-state index in [0.717, 1.165) is 25.2 Å². The van der Waals surface area contributed by atoms with Gasteiger partial charge in [0.05, 0.1) is 5.54 Å². The molecule has 0 saturated heterocycles. The molecular weight excluding hydrogens is 188 g/mol. The molecule has 1 saturated carbocycles. The Kier molecular flexibility index (Phi) is 2.78. The van der Waals surface area contributed by atoms with Crippen molar-refractivity contribution in [2.75, 3.05) is 0 Å². The van der Waals surface area contributed by atoms with Crippen molar-refractivity contribution in [3.63, 3.8) is 0 Å². The third-order valence-electron chi connectivity index (χ3n) is 3.43. The fourth-order valence-electron chi connectivity index (χ4n) is 2.67. The van der Waals surface area contributed by atoms with E-state index < -0.39 is 0 Å². The van der Waals surface area contributed by atoms with Crippen LogP contribution in [-0.4, -0.2) is 14.8 Å². The third kappa shape index (κ3) is 1.91. The standard InChI is InChI=1S/C11H20N4/c1-3-15-8-13-14-10(15)11(12)6-4-5-9(2)7-11/h8-9H,3-7,12H2,1-2H3. The van der Waals surface area contributed by atoms with Gasteiger partial charge in [0.2, 0.25) is 0 Å². The first-order valence-corrected chi connectivity index (χ1v) is 5.83. The lowest BCUT2D eigenvalue weighted by atomic mass is 9.76. The summed E-state index contributed by atoms with van der Waals surface area (Å²) in [7, 11) is 0. The van der Waals surface area contributed by atoms with Crippen molar-refractivity contribution in [2.24, 2.45) is 11.7 Å². The molecule has 15 heavy (non-hydrogen) atoms. The molecule has 1 aromatic heterocycles. The Balaban J connectivity index is 2.27. The molecular formula is C11H20N4. The zero-order valence-corrected chi connectivity index (χ0v) is 9.61. The molecule has 4 nitrogen and oxygen atoms in total. The number of hydrogen-bond donors (Lipinski definition) is 1. The van der Waals surface area contributed by atoms with E-state index in [1.165, 1.54) is 12.8 Å². The molecule has 0 spiro atoms. The van der Waals surface area contributed by atoms with Crippen LogP contribution in [0.5, 0.6) is 0 Å². The van der Waals surface area contributed by atoms with Crippen molar-refractivity contribution < 1.29 is 0 Å². The second kappa shape index (κ2) is 3.93. The van der Waals surface area contributed by atoms with Crippen molar-refractivity contribution >= 4 is 0 Å². The minimum absolute atomic E-state index is 0.246. The van der Waals surface area contributed by atoms with E-state index in [2.05, 4.69) is 28.6 Å². The van der Waals surface area contributed by atoms with Gasteiger partial charge in [-0.15, -0.1) is 10.2 Å². The molecule has 84 valence electrons. The molecule has 2 rings (SSSR count). The highest BCUT2D eigenvalue weighted by atomic mass is 15.3. The summed E-state index contributed by atoms with van der Waals surface area (Å²) in [6.45, 7) is 5.27. The number of aromatic nitrogens is 3. The summed E-state index contributed by atoms with van der Waals surface area (Å²) in [5.74, 6) is 1.67. The molecule has 1 aliphatic rings. The lowest BCUT2D eigenvalue weighted by molar-refractivity contribution is 0.222. The number of aryl methyl sites for hydroxylation is 1. The molecule has 1 heterocycles. The summed E-state index contributed by atoms with van der Waals surface area (Å²) in [5, 5.41) is 8.18. The van der Waals surface area contributed by atoms with Gasteiger partial charge in [-0.25, -0.2) is 0 Å². The van der Waals surface area contributed by atoms with Gasteiger partial charge in [-0.1, -0.05) is 19.8 Å². The minimum atomic E-state index is -0.246. The van der Waals surface area contributed by atoms with Crippen LogP contribution in [0.2, 0.25) is 0 Å². The Morgan fingerprint density at radius 2 is 2.47 bits per heavy atom. The van der Waals surface area contributed by atoms with Crippen LogP contribution >= 0.6 is 0 Å². The van der Waals surface area contributed by atoms with Gasteiger partial charge in [0.1, 0.15) is 6.33 Å². The maximum Gasteiger partial charge on any atom is 0.152 e. The van der Waals surface area contributed by atoms with Crippen LogP contribution in [0.1, 0.15) is 45.4 Å². The van der Waals surface area contributed by atoms with Crippen LogP contribution in [0.15, 0.2) is 6.33 Å². The first-order chi connectivity index (χ1) is 7.15. The highest BCUT2D eigenvalue weighted by Gasteiger charge is 2.36. The van der Waals surface area contributed by atoms with Gasteiger partial charge in [0.25, 0.3) is 0 Å². The van der Waals surface area contributed by atoms with Crippen LogP contribution in [0.4, 0.5) is 0 Å². The lowest BCUT2D eigenvalue weighted by Crippen LogP contribution is -2.43. The van der Waals surface area contributed by atoms with Gasteiger partial charge < -0.3 is 10.3 Å². The van der Waals surface area contributed by atoms with E-state index in [0.29, 0.717) is 5.92 Å². The number of hydrogen-bond acceptors (Lipinski definition) is 3. The highest BCUT2D eigenvalue weighted by molar-refractivity contribution is 5.07. The molecule has 0 aliphatic heterocycles. The topological polar surface area (TPSA) is 56.7 Å². The average Bonchev–Trinajstić information content (AvgIpc) is 2.65. The van der Waals surface area contributed by atoms with Gasteiger partial charge in [-0.3, -0.25) is 0 Å². The molecule has 2 atom stereocenters. The van der Waals surface area contributed by atoms with E-state index in [4.69, 9.17) is 5.73 Å². The third-order valence-corrected chi connectivity index (χ3v) is 3.43. The van der Waals surface area contributed by atoms with E-state index in [1.807, 2.05) is 0 Å². The summed E-state index contributed by atoms with van der Waals surface area (Å²) < 4.78 is 2.07. The van der Waals surface area contributed by atoms with E-state index in [1.54, 1.807) is 6.33 Å². The molecule has 0 bridgehead atoms. The maximum atomic E-state index is 6.47. The van der Waals surface area contributed by atoms with Crippen molar-refractivity contribution in [2.45, 2.75) is 51.6 Å². The second-order valence-corrected chi connectivity index (χ2v) is 4.80. The quantitative estimate of drug-likeness (QED) is 0.804. The molecule has 2 unspecified atom stereocenters. The molecule has 2 N–H and O–H groups in total. The van der Waals surface area contributed by atoms with Gasteiger partial charge in [0.15, 0.2) is 5.82 Å². The fraction of sp³-hybridized carbons (Fsp3) is 0.818. The SMILES string of the molecule is CCn1cnnc1C1(N)CCCC(C)C1. The zero-order valence-electron chi connectivity index (χ0n) is 9.61. The van der Waals surface area contributed by atoms with Crippen molar-refractivity contribution in [1.82, 2.24) is 14.8 Å². The summed E-state index contributed by atoms with van der Waals surface area (Å²) in [6.07, 6.45) is 6.35. The predicted octanol–water partition coefficient (Wildman–Crippen LogP) is 1.66. The fourth-order valence-corrected chi connectivity index (χ4v) is 2.67. The molecule has 4 heteroatoms. The van der Waals surface area contributed by atoms with Crippen LogP contribution < -0.4 is 5.73 Å². The van der Waals surface area contributed by atoms with Gasteiger partial charge in [0, 0.05) is 6.54 Å². The number of nitrogens with two attached hydrogens (primary N) is 1. The van der Waals surface area contributed by atoms with Crippen molar-refractivity contribution in [1.29, 1.82) is 0 Å². The van der Waals surface area contributed by atoms with Crippen LogP contribution in [-0.2, 0) is 12.1 Å². The van der Waals surface area contributed by atoms with E-state index in [9.17, 15) is 0 Å². The minimum Gasteiger partial charge on any atom is -0.319 e. The number of rotatable bonds is 2. The monoisotopic (exact) mass is 208 g/mol. The second-order valence-electron chi connectivity index (χ2n) is 4.80.